The predicted molar refractivity (Wildman–Crippen MR) is 195 cm³/mol. The number of aliphatic hydroxyl groups excluding tert-OH is 2. The van der Waals surface area contributed by atoms with Crippen molar-refractivity contribution < 1.29 is 66.9 Å². The van der Waals surface area contributed by atoms with Gasteiger partial charge >= 0.3 is 23.1 Å². The summed E-state index contributed by atoms with van der Waals surface area (Å²) in [7, 11) is 4.71. The Kier molecular flexibility index (Phi) is 28.7. The average Bonchev–Trinajstić information content (AvgIpc) is 3.11. The second-order valence-electron chi connectivity index (χ2n) is 10.3. The van der Waals surface area contributed by atoms with Crippen LogP contribution in [0.3, 0.4) is 0 Å². The number of hydrogen-bond acceptors (Lipinski definition) is 10. The van der Waals surface area contributed by atoms with Crippen LogP contribution in [0.4, 0.5) is 0 Å². The van der Waals surface area contributed by atoms with E-state index in [1.807, 2.05) is 37.3 Å². The van der Waals surface area contributed by atoms with Gasteiger partial charge in [0.1, 0.15) is 0 Å². The first-order chi connectivity index (χ1) is 22.4. The molecular formula is C36H55BrMgO10P-. The molecule has 2 aliphatic heterocycles. The van der Waals surface area contributed by atoms with Crippen LogP contribution in [0, 0.1) is 13.8 Å². The number of aryl methyl sites for hydroxylation is 1. The van der Waals surface area contributed by atoms with Gasteiger partial charge in [0.05, 0.1) is 47.8 Å². The number of phenols is 1. The van der Waals surface area contributed by atoms with Crippen LogP contribution in [-0.2, 0) is 22.7 Å². The quantitative estimate of drug-likeness (QED) is 0.169. The molecule has 0 amide bonds. The minimum Gasteiger partial charge on any atom is -1.00 e. The van der Waals surface area contributed by atoms with E-state index in [4.69, 9.17) is 48.5 Å². The summed E-state index contributed by atoms with van der Waals surface area (Å²) in [4.78, 5) is 0. The molecule has 3 aromatic rings. The SMILES string of the molecule is COc1cc(C)ccc1OC1CCCCO1.COc1cc(CO)ccc1O.COc1cc(CO)ccc1OC1CCCCO1.P.[3H-].[Br-].[CH2-]C.[Mg+2]. The number of aliphatic hydroxyl groups is 2. The van der Waals surface area contributed by atoms with Gasteiger partial charge in [0, 0.05) is 12.8 Å². The molecule has 3 N–H and O–H groups in total. The number of rotatable bonds is 9. The average molecular weight is 785 g/mol. The maximum atomic E-state index is 9.12. The Bertz CT molecular complexity index is 1280. The van der Waals surface area contributed by atoms with E-state index in [1.165, 1.54) is 19.6 Å². The molecule has 2 heterocycles. The molecule has 2 saturated heterocycles. The van der Waals surface area contributed by atoms with Gasteiger partial charge in [-0.15, -0.1) is 0 Å². The summed E-state index contributed by atoms with van der Waals surface area (Å²) in [6.45, 7) is 8.52. The standard InChI is InChI=1S/C13H18O4.C13H18O3.C8H10O3.C2H5.BrH.Mg.H3P.H/c1-15-12-8-10(9-14)5-6-11(12)17-13-4-2-3-7-16-13;1-10-6-7-11(12(9-10)14-2)16-13-5-3-4-8-15-13;1-11-8-4-6(5-9)2-3-7(8)10;1-2;;;;/h5-6,8,13-14H,2-4,7,9H2,1H3;6-7,9,13H,3-5,8H2,1-2H3;2-4,9-10H,5H2,1H3;1H2,2H3;1H;;1H3;/q;;;-1;;+2;;-1/p-1/i;;;;;;;1+2. The Hall–Kier alpha value is -2.02. The van der Waals surface area contributed by atoms with Crippen LogP contribution >= 0.6 is 9.90 Å². The van der Waals surface area contributed by atoms with Crippen molar-refractivity contribution in [1.82, 2.24) is 0 Å². The molecule has 2 fully saturated rings. The van der Waals surface area contributed by atoms with Crippen LogP contribution < -0.4 is 40.7 Å². The van der Waals surface area contributed by atoms with E-state index in [0.717, 1.165) is 73.5 Å². The molecule has 10 nitrogen and oxygen atoms in total. The maximum absolute atomic E-state index is 9.12. The van der Waals surface area contributed by atoms with Gasteiger partial charge in [-0.1, -0.05) is 18.2 Å². The van der Waals surface area contributed by atoms with Gasteiger partial charge in [-0.3, -0.25) is 0 Å². The fraction of sp³-hybridized carbons (Fsp3) is 0.472. The largest absolute Gasteiger partial charge is 2.00 e. The Labute approximate surface area is 323 Å². The van der Waals surface area contributed by atoms with E-state index >= 15 is 0 Å². The summed E-state index contributed by atoms with van der Waals surface area (Å²) >= 11 is 0. The fourth-order valence-corrected chi connectivity index (χ4v) is 4.49. The molecule has 3 aromatic carbocycles. The second kappa shape index (κ2) is 28.6. The van der Waals surface area contributed by atoms with E-state index < -0.39 is 0 Å². The third kappa shape index (κ3) is 17.6. The van der Waals surface area contributed by atoms with Gasteiger partial charge in [-0.05, 0) is 85.7 Å². The summed E-state index contributed by atoms with van der Waals surface area (Å²) in [5.74, 6) is 3.30. The summed E-state index contributed by atoms with van der Waals surface area (Å²) in [6, 6.07) is 16.0. The zero-order valence-corrected chi connectivity index (χ0v) is 34.0. The first kappa shape index (κ1) is 49.1. The normalized spacial score (nSPS) is 15.9. The molecule has 3 atom stereocenters. The van der Waals surface area contributed by atoms with Crippen molar-refractivity contribution in [2.24, 2.45) is 0 Å². The monoisotopic (exact) mass is 783 g/mol. The molecule has 274 valence electrons. The molecule has 5 rings (SSSR count). The van der Waals surface area contributed by atoms with E-state index in [0.29, 0.717) is 17.2 Å². The zero-order valence-electron chi connectivity index (χ0n) is 30.6. The van der Waals surface area contributed by atoms with Gasteiger partial charge in [0.15, 0.2) is 47.1 Å². The number of halogens is 1. The first-order valence-electron chi connectivity index (χ1n) is 15.6. The number of aromatic hydroxyl groups is 1. The topological polar surface area (TPSA) is 125 Å². The van der Waals surface area contributed by atoms with Crippen LogP contribution in [0.15, 0.2) is 54.6 Å². The van der Waals surface area contributed by atoms with Crippen molar-refractivity contribution in [2.45, 2.75) is 78.2 Å². The van der Waals surface area contributed by atoms with Gasteiger partial charge < -0.3 is 73.8 Å². The molecule has 0 bridgehead atoms. The first-order valence-corrected chi connectivity index (χ1v) is 15.6. The molecule has 2 aliphatic rings. The molecule has 0 saturated carbocycles. The molecular weight excluding hydrogens is 728 g/mol. The van der Waals surface area contributed by atoms with Crippen LogP contribution in [0.25, 0.3) is 0 Å². The van der Waals surface area contributed by atoms with Gasteiger partial charge in [0.2, 0.25) is 0 Å². The van der Waals surface area contributed by atoms with Crippen molar-refractivity contribution in [3.8, 4) is 34.5 Å². The molecule has 49 heavy (non-hydrogen) atoms. The Balaban J connectivity index is -0.000000634. The Morgan fingerprint density at radius 2 is 1.10 bits per heavy atom. The number of phenolic OH excluding ortho intramolecular Hbond substituents is 1. The third-order valence-electron chi connectivity index (χ3n) is 6.95. The number of benzene rings is 3. The smallest absolute Gasteiger partial charge is 1.00 e. The van der Waals surface area contributed by atoms with Crippen molar-refractivity contribution in [3.05, 3.63) is 78.2 Å². The summed E-state index contributed by atoms with van der Waals surface area (Å²) in [5.41, 5.74) is 2.69. The van der Waals surface area contributed by atoms with Crippen LogP contribution in [0.2, 0.25) is 0 Å². The van der Waals surface area contributed by atoms with Gasteiger partial charge in [0.25, 0.3) is 0 Å². The molecule has 0 aromatic heterocycles. The van der Waals surface area contributed by atoms with Crippen molar-refractivity contribution in [1.29, 1.82) is 0 Å². The molecule has 13 heteroatoms. The minimum atomic E-state index is -0.183. The van der Waals surface area contributed by atoms with Gasteiger partial charge in [-0.25, -0.2) is 0 Å². The minimum absolute atomic E-state index is 0. The number of methoxy groups -OCH3 is 3. The molecule has 0 spiro atoms. The van der Waals surface area contributed by atoms with Crippen molar-refractivity contribution in [3.63, 3.8) is 0 Å². The van der Waals surface area contributed by atoms with Crippen LogP contribution in [-0.4, -0.2) is 85.5 Å². The predicted octanol–water partition coefficient (Wildman–Crippen LogP) is 3.53. The van der Waals surface area contributed by atoms with Crippen molar-refractivity contribution in [2.75, 3.05) is 34.5 Å². The van der Waals surface area contributed by atoms with E-state index in [2.05, 4.69) is 6.92 Å². The van der Waals surface area contributed by atoms with Gasteiger partial charge in [-0.2, -0.15) is 16.8 Å². The molecule has 3 unspecified atom stereocenters. The number of hydrogen-bond donors (Lipinski definition) is 3. The maximum Gasteiger partial charge on any atom is 2.00 e. The Morgan fingerprint density at radius 3 is 1.53 bits per heavy atom. The van der Waals surface area contributed by atoms with Crippen LogP contribution in [0.1, 0.15) is 63.6 Å². The van der Waals surface area contributed by atoms with E-state index in [-0.39, 0.29) is 82.9 Å². The summed E-state index contributed by atoms with van der Waals surface area (Å²) in [6.07, 6.45) is 6.08. The third-order valence-corrected chi connectivity index (χ3v) is 6.95. The second-order valence-corrected chi connectivity index (χ2v) is 10.3. The molecule has 0 aliphatic carbocycles. The summed E-state index contributed by atoms with van der Waals surface area (Å²) < 4.78 is 37.9. The Morgan fingerprint density at radius 1 is 0.673 bits per heavy atom. The number of ether oxygens (including phenoxy) is 7. The van der Waals surface area contributed by atoms with Crippen molar-refractivity contribution >= 4 is 33.0 Å². The summed E-state index contributed by atoms with van der Waals surface area (Å²) in [5, 5.41) is 26.9. The van der Waals surface area contributed by atoms with E-state index in [9.17, 15) is 0 Å². The molecule has 0 radical (unpaired) electrons. The zero-order chi connectivity index (χ0) is 33.7. The van der Waals surface area contributed by atoms with E-state index in [1.54, 1.807) is 39.3 Å². The van der Waals surface area contributed by atoms with Crippen LogP contribution in [0.5, 0.6) is 34.5 Å². The fourth-order valence-electron chi connectivity index (χ4n) is 4.49.